The monoisotopic (exact) mass is 456 g/mol. The van der Waals surface area contributed by atoms with Crippen molar-refractivity contribution in [2.75, 3.05) is 40.5 Å². The Bertz CT molecular complexity index is 1290. The Morgan fingerprint density at radius 1 is 0.882 bits per heavy atom. The van der Waals surface area contributed by atoms with Crippen LogP contribution in [-0.2, 0) is 11.3 Å². The maximum absolute atomic E-state index is 14.0. The van der Waals surface area contributed by atoms with Crippen LogP contribution in [0.5, 0.6) is 11.5 Å². The molecule has 6 nitrogen and oxygen atoms in total. The number of methoxy groups -OCH3 is 2. The van der Waals surface area contributed by atoms with Gasteiger partial charge in [-0.15, -0.1) is 0 Å². The maximum Gasteiger partial charge on any atom is 0.256 e. The summed E-state index contributed by atoms with van der Waals surface area (Å²) in [6, 6.07) is 24.2. The van der Waals surface area contributed by atoms with Crippen molar-refractivity contribution in [3.05, 3.63) is 83.9 Å². The summed E-state index contributed by atoms with van der Waals surface area (Å²) in [4.78, 5) is 15.9. The third-order valence-electron chi connectivity index (χ3n) is 6.33. The van der Waals surface area contributed by atoms with Crippen LogP contribution in [0, 0.1) is 0 Å². The van der Waals surface area contributed by atoms with Crippen LogP contribution in [0.15, 0.2) is 72.8 Å². The second-order valence-corrected chi connectivity index (χ2v) is 8.31. The molecule has 0 bridgehead atoms. The van der Waals surface area contributed by atoms with E-state index in [2.05, 4.69) is 16.7 Å². The fourth-order valence-corrected chi connectivity index (χ4v) is 4.58. The van der Waals surface area contributed by atoms with Crippen LogP contribution in [-0.4, -0.2) is 55.9 Å². The summed E-state index contributed by atoms with van der Waals surface area (Å²) in [5, 5.41) is 0.887. The first-order valence-corrected chi connectivity index (χ1v) is 11.4. The summed E-state index contributed by atoms with van der Waals surface area (Å²) in [6.45, 7) is 2.90. The molecular weight excluding hydrogens is 428 g/mol. The van der Waals surface area contributed by atoms with Crippen molar-refractivity contribution in [3.8, 4) is 22.8 Å². The molecule has 0 unspecified atom stereocenters. The van der Waals surface area contributed by atoms with E-state index in [9.17, 15) is 4.79 Å². The first-order chi connectivity index (χ1) is 16.7. The fourth-order valence-electron chi connectivity index (χ4n) is 4.58. The van der Waals surface area contributed by atoms with Gasteiger partial charge < -0.3 is 23.7 Å². The van der Waals surface area contributed by atoms with Gasteiger partial charge in [-0.1, -0.05) is 30.3 Å². The number of hydrogen-bond donors (Lipinski definition) is 0. The SMILES string of the molecule is COc1ccc(-c2c(C(=O)N3CCOCC3)c3cc(OC)ccc3n2Cc2ccccc2)cc1. The van der Waals surface area contributed by atoms with Gasteiger partial charge in [0.1, 0.15) is 11.5 Å². The highest BCUT2D eigenvalue weighted by atomic mass is 16.5. The molecule has 1 aliphatic rings. The summed E-state index contributed by atoms with van der Waals surface area (Å²) in [6.07, 6.45) is 0. The van der Waals surface area contributed by atoms with Gasteiger partial charge in [-0.3, -0.25) is 4.79 Å². The lowest BCUT2D eigenvalue weighted by atomic mass is 10.0. The number of carbonyl (C=O) groups excluding carboxylic acids is 1. The number of fused-ring (bicyclic) bond motifs is 1. The molecule has 0 aliphatic carbocycles. The van der Waals surface area contributed by atoms with Crippen LogP contribution in [0.4, 0.5) is 0 Å². The third kappa shape index (κ3) is 4.13. The number of amides is 1. The lowest BCUT2D eigenvalue weighted by Gasteiger charge is -2.27. The van der Waals surface area contributed by atoms with Crippen LogP contribution in [0.3, 0.4) is 0 Å². The summed E-state index contributed by atoms with van der Waals surface area (Å²) in [7, 11) is 3.30. The van der Waals surface area contributed by atoms with Gasteiger partial charge in [0.05, 0.1) is 38.7 Å². The Kier molecular flexibility index (Phi) is 6.23. The normalized spacial score (nSPS) is 13.8. The van der Waals surface area contributed by atoms with E-state index < -0.39 is 0 Å². The predicted molar refractivity (Wildman–Crippen MR) is 133 cm³/mol. The number of ether oxygens (including phenoxy) is 3. The van der Waals surface area contributed by atoms with Crippen molar-refractivity contribution >= 4 is 16.8 Å². The highest BCUT2D eigenvalue weighted by Crippen LogP contribution is 2.38. The molecule has 174 valence electrons. The van der Waals surface area contributed by atoms with E-state index in [0.717, 1.165) is 39.2 Å². The molecule has 0 saturated carbocycles. The Labute approximate surface area is 199 Å². The van der Waals surface area contributed by atoms with Crippen molar-refractivity contribution in [1.29, 1.82) is 0 Å². The molecule has 34 heavy (non-hydrogen) atoms. The highest BCUT2D eigenvalue weighted by Gasteiger charge is 2.28. The number of aromatic nitrogens is 1. The lowest BCUT2D eigenvalue weighted by molar-refractivity contribution is 0.0304. The Morgan fingerprint density at radius 2 is 1.56 bits per heavy atom. The zero-order valence-corrected chi connectivity index (χ0v) is 19.5. The average Bonchev–Trinajstić information content (AvgIpc) is 3.22. The van der Waals surface area contributed by atoms with E-state index in [4.69, 9.17) is 14.2 Å². The Hall–Kier alpha value is -3.77. The van der Waals surface area contributed by atoms with Gasteiger partial charge in [0.2, 0.25) is 0 Å². The van der Waals surface area contributed by atoms with Crippen molar-refractivity contribution in [2.45, 2.75) is 6.54 Å². The lowest BCUT2D eigenvalue weighted by Crippen LogP contribution is -2.40. The highest BCUT2D eigenvalue weighted by molar-refractivity contribution is 6.13. The van der Waals surface area contributed by atoms with Crippen LogP contribution < -0.4 is 9.47 Å². The summed E-state index contributed by atoms with van der Waals surface area (Å²) < 4.78 is 18.7. The Balaban J connectivity index is 1.77. The maximum atomic E-state index is 14.0. The Morgan fingerprint density at radius 3 is 2.24 bits per heavy atom. The zero-order chi connectivity index (χ0) is 23.5. The van der Waals surface area contributed by atoms with Crippen molar-refractivity contribution in [1.82, 2.24) is 9.47 Å². The minimum absolute atomic E-state index is 0.0131. The molecule has 5 rings (SSSR count). The van der Waals surface area contributed by atoms with E-state index in [1.54, 1.807) is 14.2 Å². The van der Waals surface area contributed by atoms with Crippen LogP contribution in [0.25, 0.3) is 22.2 Å². The molecule has 2 heterocycles. The van der Waals surface area contributed by atoms with E-state index in [-0.39, 0.29) is 5.91 Å². The van der Waals surface area contributed by atoms with Gasteiger partial charge >= 0.3 is 0 Å². The summed E-state index contributed by atoms with van der Waals surface area (Å²) >= 11 is 0. The molecule has 1 aliphatic heterocycles. The number of hydrogen-bond acceptors (Lipinski definition) is 4. The van der Waals surface area contributed by atoms with E-state index in [0.29, 0.717) is 38.4 Å². The molecule has 1 amide bonds. The number of carbonyl (C=O) groups is 1. The first-order valence-electron chi connectivity index (χ1n) is 11.4. The van der Waals surface area contributed by atoms with Gasteiger partial charge in [0, 0.05) is 30.5 Å². The minimum atomic E-state index is 0.0131. The molecule has 0 spiro atoms. The summed E-state index contributed by atoms with van der Waals surface area (Å²) in [5.74, 6) is 1.51. The van der Waals surface area contributed by atoms with E-state index in [1.165, 1.54) is 0 Å². The second-order valence-electron chi connectivity index (χ2n) is 8.31. The topological polar surface area (TPSA) is 52.9 Å². The molecule has 4 aromatic rings. The minimum Gasteiger partial charge on any atom is -0.497 e. The molecule has 0 radical (unpaired) electrons. The smallest absolute Gasteiger partial charge is 0.256 e. The molecule has 1 saturated heterocycles. The van der Waals surface area contributed by atoms with Crippen LogP contribution in [0.1, 0.15) is 15.9 Å². The molecule has 3 aromatic carbocycles. The van der Waals surface area contributed by atoms with Gasteiger partial charge in [-0.05, 0) is 53.6 Å². The second kappa shape index (κ2) is 9.61. The molecule has 0 atom stereocenters. The molecular formula is C28H28N2O4. The van der Waals surface area contributed by atoms with Gasteiger partial charge in [-0.25, -0.2) is 0 Å². The van der Waals surface area contributed by atoms with Crippen LogP contribution in [0.2, 0.25) is 0 Å². The first kappa shape index (κ1) is 22.0. The van der Waals surface area contributed by atoms with E-state index in [1.807, 2.05) is 65.6 Å². The molecule has 0 N–H and O–H groups in total. The average molecular weight is 457 g/mol. The van der Waals surface area contributed by atoms with E-state index >= 15 is 0 Å². The van der Waals surface area contributed by atoms with Crippen molar-refractivity contribution in [2.24, 2.45) is 0 Å². The van der Waals surface area contributed by atoms with Crippen molar-refractivity contribution in [3.63, 3.8) is 0 Å². The summed E-state index contributed by atoms with van der Waals surface area (Å²) in [5.41, 5.74) is 4.70. The molecule has 1 aromatic heterocycles. The number of rotatable bonds is 6. The molecule has 6 heteroatoms. The third-order valence-corrected chi connectivity index (χ3v) is 6.33. The predicted octanol–water partition coefficient (Wildman–Crippen LogP) is 4.85. The van der Waals surface area contributed by atoms with Gasteiger partial charge in [-0.2, -0.15) is 0 Å². The number of morpholine rings is 1. The fraction of sp³-hybridized carbons (Fsp3) is 0.250. The van der Waals surface area contributed by atoms with Gasteiger partial charge in [0.15, 0.2) is 0 Å². The van der Waals surface area contributed by atoms with Crippen LogP contribution >= 0.6 is 0 Å². The standard InChI is InChI=1S/C28H28N2O4/c1-32-22-10-8-21(9-11-22)27-26(28(31)29-14-16-34-17-15-29)24-18-23(33-2)12-13-25(24)30(27)19-20-6-4-3-5-7-20/h3-13,18H,14-17,19H2,1-2H3. The quantitative estimate of drug-likeness (QED) is 0.416. The van der Waals surface area contributed by atoms with Crippen molar-refractivity contribution < 1.29 is 19.0 Å². The number of nitrogens with zero attached hydrogens (tertiary/aromatic N) is 2. The number of benzene rings is 3. The molecule has 1 fully saturated rings. The zero-order valence-electron chi connectivity index (χ0n) is 19.5. The largest absolute Gasteiger partial charge is 0.497 e. The van der Waals surface area contributed by atoms with Gasteiger partial charge in [0.25, 0.3) is 5.91 Å².